The molecule has 1 atom stereocenters. The first-order valence-corrected chi connectivity index (χ1v) is 8.31. The van der Waals surface area contributed by atoms with Crippen molar-refractivity contribution in [2.75, 3.05) is 18.5 Å². The highest BCUT2D eigenvalue weighted by Crippen LogP contribution is 2.17. The number of pyridine rings is 1. The predicted molar refractivity (Wildman–Crippen MR) is 93.8 cm³/mol. The lowest BCUT2D eigenvalue weighted by molar-refractivity contribution is 0.0819. The SMILES string of the molecule is N#Cc1cccc(NC(=O)N(Cc2ccncc2)C[C@H]2CCCO2)c1. The number of amides is 2. The number of aromatic nitrogens is 1. The van der Waals surface area contributed by atoms with E-state index in [2.05, 4.69) is 16.4 Å². The number of carbonyl (C=O) groups excluding carboxylic acids is 1. The van der Waals surface area contributed by atoms with Gasteiger partial charge >= 0.3 is 6.03 Å². The summed E-state index contributed by atoms with van der Waals surface area (Å²) in [6.07, 6.45) is 5.49. The summed E-state index contributed by atoms with van der Waals surface area (Å²) in [6.45, 7) is 1.76. The van der Waals surface area contributed by atoms with Crippen molar-refractivity contribution in [3.8, 4) is 6.07 Å². The van der Waals surface area contributed by atoms with Crippen LogP contribution in [0.15, 0.2) is 48.8 Å². The van der Waals surface area contributed by atoms with Crippen LogP contribution in [0.25, 0.3) is 0 Å². The van der Waals surface area contributed by atoms with E-state index in [1.807, 2.05) is 12.1 Å². The molecule has 1 aromatic heterocycles. The van der Waals surface area contributed by atoms with Crippen molar-refractivity contribution in [1.82, 2.24) is 9.88 Å². The number of rotatable bonds is 5. The number of nitrogens with zero attached hydrogens (tertiary/aromatic N) is 3. The molecule has 1 aromatic carbocycles. The lowest BCUT2D eigenvalue weighted by Crippen LogP contribution is -2.39. The molecule has 3 rings (SSSR count). The van der Waals surface area contributed by atoms with Crippen molar-refractivity contribution < 1.29 is 9.53 Å². The first-order valence-electron chi connectivity index (χ1n) is 8.31. The van der Waals surface area contributed by atoms with Crippen molar-refractivity contribution >= 4 is 11.7 Å². The van der Waals surface area contributed by atoms with E-state index in [1.165, 1.54) is 0 Å². The first-order chi connectivity index (χ1) is 12.2. The third kappa shape index (κ3) is 4.78. The molecule has 1 fully saturated rings. The zero-order chi connectivity index (χ0) is 17.5. The Morgan fingerprint density at radius 2 is 2.20 bits per heavy atom. The molecular weight excluding hydrogens is 316 g/mol. The summed E-state index contributed by atoms with van der Waals surface area (Å²) >= 11 is 0. The number of anilines is 1. The third-order valence-electron chi connectivity index (χ3n) is 4.10. The van der Waals surface area contributed by atoms with Crippen LogP contribution >= 0.6 is 0 Å². The molecule has 6 heteroatoms. The van der Waals surface area contributed by atoms with Crippen LogP contribution in [0.3, 0.4) is 0 Å². The minimum absolute atomic E-state index is 0.0676. The van der Waals surface area contributed by atoms with Gasteiger partial charge in [0.2, 0.25) is 0 Å². The highest BCUT2D eigenvalue weighted by atomic mass is 16.5. The van der Waals surface area contributed by atoms with Gasteiger partial charge in [0.15, 0.2) is 0 Å². The summed E-state index contributed by atoms with van der Waals surface area (Å²) in [5, 5.41) is 11.9. The van der Waals surface area contributed by atoms with Gasteiger partial charge in [-0.1, -0.05) is 6.07 Å². The lowest BCUT2D eigenvalue weighted by atomic mass is 10.2. The van der Waals surface area contributed by atoms with Gasteiger partial charge in [-0.05, 0) is 48.7 Å². The van der Waals surface area contributed by atoms with Gasteiger partial charge in [-0.15, -0.1) is 0 Å². The number of hydrogen-bond acceptors (Lipinski definition) is 4. The largest absolute Gasteiger partial charge is 0.376 e. The molecule has 0 radical (unpaired) electrons. The first kappa shape index (κ1) is 16.9. The van der Waals surface area contributed by atoms with Gasteiger partial charge in [-0.3, -0.25) is 4.98 Å². The topological polar surface area (TPSA) is 78.3 Å². The molecular formula is C19H20N4O2. The second-order valence-electron chi connectivity index (χ2n) is 5.99. The molecule has 0 bridgehead atoms. The van der Waals surface area contributed by atoms with Crippen molar-refractivity contribution in [3.63, 3.8) is 0 Å². The predicted octanol–water partition coefficient (Wildman–Crippen LogP) is 3.17. The Bertz CT molecular complexity index is 752. The van der Waals surface area contributed by atoms with E-state index < -0.39 is 0 Å². The maximum Gasteiger partial charge on any atom is 0.322 e. The zero-order valence-corrected chi connectivity index (χ0v) is 13.9. The zero-order valence-electron chi connectivity index (χ0n) is 13.9. The van der Waals surface area contributed by atoms with E-state index >= 15 is 0 Å². The van der Waals surface area contributed by atoms with Crippen LogP contribution < -0.4 is 5.32 Å². The fourth-order valence-electron chi connectivity index (χ4n) is 2.83. The number of nitrogens with one attached hydrogen (secondary N) is 1. The van der Waals surface area contributed by atoms with E-state index in [1.54, 1.807) is 41.6 Å². The lowest BCUT2D eigenvalue weighted by Gasteiger charge is -2.26. The van der Waals surface area contributed by atoms with Gasteiger partial charge in [-0.25, -0.2) is 4.79 Å². The maximum absolute atomic E-state index is 12.8. The highest BCUT2D eigenvalue weighted by molar-refractivity contribution is 5.89. The van der Waals surface area contributed by atoms with Gasteiger partial charge < -0.3 is 15.0 Å². The van der Waals surface area contributed by atoms with E-state index in [0.717, 1.165) is 25.0 Å². The molecule has 1 aliphatic heterocycles. The molecule has 0 unspecified atom stereocenters. The van der Waals surface area contributed by atoms with Crippen LogP contribution in [-0.4, -0.2) is 35.2 Å². The number of nitriles is 1. The van der Waals surface area contributed by atoms with Crippen LogP contribution in [-0.2, 0) is 11.3 Å². The van der Waals surface area contributed by atoms with E-state index in [0.29, 0.717) is 24.3 Å². The molecule has 128 valence electrons. The molecule has 0 aliphatic carbocycles. The third-order valence-corrected chi connectivity index (χ3v) is 4.10. The molecule has 25 heavy (non-hydrogen) atoms. The number of hydrogen-bond donors (Lipinski definition) is 1. The van der Waals surface area contributed by atoms with Crippen molar-refractivity contribution in [2.45, 2.75) is 25.5 Å². The molecule has 1 aliphatic rings. The van der Waals surface area contributed by atoms with Gasteiger partial charge in [0.1, 0.15) is 0 Å². The molecule has 0 saturated carbocycles. The summed E-state index contributed by atoms with van der Waals surface area (Å²) in [5.74, 6) is 0. The summed E-state index contributed by atoms with van der Waals surface area (Å²) < 4.78 is 5.68. The molecule has 2 heterocycles. The van der Waals surface area contributed by atoms with Crippen LogP contribution in [0.2, 0.25) is 0 Å². The second kappa shape index (κ2) is 8.27. The fraction of sp³-hybridized carbons (Fsp3) is 0.316. The molecule has 2 amide bonds. The Hall–Kier alpha value is -2.91. The van der Waals surface area contributed by atoms with Gasteiger partial charge in [0.05, 0.1) is 17.7 Å². The smallest absolute Gasteiger partial charge is 0.322 e. The number of urea groups is 1. The van der Waals surface area contributed by atoms with E-state index in [4.69, 9.17) is 10.00 Å². The standard InChI is InChI=1S/C19H20N4O2/c20-12-16-3-1-4-17(11-16)22-19(24)23(14-18-5-2-10-25-18)13-15-6-8-21-9-7-15/h1,3-4,6-9,11,18H,2,5,10,13-14H2,(H,22,24)/t18-/m1/s1. The minimum atomic E-state index is -0.206. The van der Waals surface area contributed by atoms with E-state index in [9.17, 15) is 4.79 Å². The summed E-state index contributed by atoms with van der Waals surface area (Å²) in [5.41, 5.74) is 2.13. The summed E-state index contributed by atoms with van der Waals surface area (Å²) in [6, 6.07) is 12.6. The molecule has 2 aromatic rings. The Kier molecular flexibility index (Phi) is 5.60. The molecule has 1 N–H and O–H groups in total. The monoisotopic (exact) mass is 336 g/mol. The van der Waals surface area contributed by atoms with Crippen LogP contribution in [0, 0.1) is 11.3 Å². The Balaban J connectivity index is 1.72. The van der Waals surface area contributed by atoms with Gasteiger partial charge in [-0.2, -0.15) is 5.26 Å². The number of carbonyl (C=O) groups is 1. The fourth-order valence-corrected chi connectivity index (χ4v) is 2.83. The van der Waals surface area contributed by atoms with Gasteiger partial charge in [0, 0.05) is 37.8 Å². The molecule has 0 spiro atoms. The van der Waals surface area contributed by atoms with Crippen molar-refractivity contribution in [1.29, 1.82) is 5.26 Å². The van der Waals surface area contributed by atoms with Crippen molar-refractivity contribution in [2.24, 2.45) is 0 Å². The minimum Gasteiger partial charge on any atom is -0.376 e. The Morgan fingerprint density at radius 3 is 2.92 bits per heavy atom. The normalized spacial score (nSPS) is 16.2. The average Bonchev–Trinajstić information content (AvgIpc) is 3.15. The summed E-state index contributed by atoms with van der Waals surface area (Å²) in [7, 11) is 0. The second-order valence-corrected chi connectivity index (χ2v) is 5.99. The van der Waals surface area contributed by atoms with Crippen LogP contribution in [0.5, 0.6) is 0 Å². The van der Waals surface area contributed by atoms with Gasteiger partial charge in [0.25, 0.3) is 0 Å². The van der Waals surface area contributed by atoms with Crippen LogP contribution in [0.1, 0.15) is 24.0 Å². The Labute approximate surface area is 147 Å². The summed E-state index contributed by atoms with van der Waals surface area (Å²) in [4.78, 5) is 18.5. The molecule has 6 nitrogen and oxygen atoms in total. The number of ether oxygens (including phenoxy) is 1. The number of benzene rings is 1. The van der Waals surface area contributed by atoms with Crippen LogP contribution in [0.4, 0.5) is 10.5 Å². The average molecular weight is 336 g/mol. The van der Waals surface area contributed by atoms with Crippen molar-refractivity contribution in [3.05, 3.63) is 59.9 Å². The molecule has 1 saturated heterocycles. The highest BCUT2D eigenvalue weighted by Gasteiger charge is 2.23. The maximum atomic E-state index is 12.8. The Morgan fingerprint density at radius 1 is 1.36 bits per heavy atom. The van der Waals surface area contributed by atoms with E-state index in [-0.39, 0.29) is 12.1 Å². The quantitative estimate of drug-likeness (QED) is 0.909.